The summed E-state index contributed by atoms with van der Waals surface area (Å²) in [6.07, 6.45) is 1.54. The first kappa shape index (κ1) is 16.5. The van der Waals surface area contributed by atoms with Crippen molar-refractivity contribution in [2.24, 2.45) is 0 Å². The van der Waals surface area contributed by atoms with Gasteiger partial charge in [-0.2, -0.15) is 10.1 Å². The van der Waals surface area contributed by atoms with Gasteiger partial charge in [-0.3, -0.25) is 0 Å². The van der Waals surface area contributed by atoms with Crippen LogP contribution in [0.1, 0.15) is 11.1 Å². The van der Waals surface area contributed by atoms with Gasteiger partial charge in [-0.05, 0) is 43.2 Å². The second kappa shape index (κ2) is 7.03. The van der Waals surface area contributed by atoms with Crippen LogP contribution in [0, 0.1) is 13.8 Å². The number of hydrogen-bond donors (Lipinski definition) is 2. The molecule has 24 heavy (non-hydrogen) atoms. The highest BCUT2D eigenvalue weighted by Gasteiger charge is 2.07. The van der Waals surface area contributed by atoms with E-state index in [0.29, 0.717) is 21.8 Å². The molecule has 122 valence electrons. The molecule has 2 N–H and O–H groups in total. The lowest BCUT2D eigenvalue weighted by Gasteiger charge is -2.12. The van der Waals surface area contributed by atoms with Crippen molar-refractivity contribution >= 4 is 46.3 Å². The number of benzene rings is 2. The van der Waals surface area contributed by atoms with Gasteiger partial charge in [0.25, 0.3) is 0 Å². The molecule has 0 bridgehead atoms. The maximum absolute atomic E-state index is 6.02. The van der Waals surface area contributed by atoms with E-state index in [4.69, 9.17) is 23.2 Å². The predicted molar refractivity (Wildman–Crippen MR) is 98.8 cm³/mol. The zero-order valence-corrected chi connectivity index (χ0v) is 14.7. The Morgan fingerprint density at radius 2 is 1.67 bits per heavy atom. The lowest BCUT2D eigenvalue weighted by molar-refractivity contribution is 0.981. The molecule has 0 spiro atoms. The van der Waals surface area contributed by atoms with Crippen LogP contribution in [0.5, 0.6) is 0 Å². The highest BCUT2D eigenvalue weighted by molar-refractivity contribution is 6.42. The summed E-state index contributed by atoms with van der Waals surface area (Å²) in [7, 11) is 0. The number of anilines is 4. The molecule has 1 aromatic heterocycles. The number of nitrogens with one attached hydrogen (secondary N) is 2. The molecule has 3 aromatic rings. The Bertz CT molecular complexity index is 862. The van der Waals surface area contributed by atoms with E-state index in [1.807, 2.05) is 38.1 Å². The van der Waals surface area contributed by atoms with Gasteiger partial charge in [-0.25, -0.2) is 0 Å². The third-order valence-corrected chi connectivity index (χ3v) is 4.21. The minimum atomic E-state index is 0.414. The van der Waals surface area contributed by atoms with E-state index in [9.17, 15) is 0 Å². The first-order valence-electron chi connectivity index (χ1n) is 7.28. The maximum atomic E-state index is 6.02. The van der Waals surface area contributed by atoms with Crippen molar-refractivity contribution in [1.29, 1.82) is 0 Å². The van der Waals surface area contributed by atoms with E-state index in [-0.39, 0.29) is 0 Å². The number of aromatic nitrogens is 3. The van der Waals surface area contributed by atoms with Crippen molar-refractivity contribution in [3.63, 3.8) is 0 Å². The molecule has 0 amide bonds. The van der Waals surface area contributed by atoms with Crippen LogP contribution < -0.4 is 10.6 Å². The van der Waals surface area contributed by atoms with E-state index in [1.165, 1.54) is 0 Å². The summed E-state index contributed by atoms with van der Waals surface area (Å²) in [4.78, 5) is 4.43. The van der Waals surface area contributed by atoms with E-state index < -0.39 is 0 Å². The topological polar surface area (TPSA) is 62.7 Å². The zero-order chi connectivity index (χ0) is 17.1. The molecule has 2 aromatic carbocycles. The van der Waals surface area contributed by atoms with Gasteiger partial charge in [0.05, 0.1) is 16.2 Å². The number of halogens is 2. The van der Waals surface area contributed by atoms with Gasteiger partial charge in [0.15, 0.2) is 5.82 Å². The molecule has 0 radical (unpaired) electrons. The van der Waals surface area contributed by atoms with Crippen LogP contribution in [0.15, 0.2) is 42.6 Å². The van der Waals surface area contributed by atoms with Crippen molar-refractivity contribution in [3.05, 3.63) is 63.8 Å². The van der Waals surface area contributed by atoms with Crippen LogP contribution in [0.3, 0.4) is 0 Å². The monoisotopic (exact) mass is 359 g/mol. The van der Waals surface area contributed by atoms with Gasteiger partial charge in [0.2, 0.25) is 5.95 Å². The standard InChI is InChI=1S/C17H15Cl2N5/c1-10-4-3-5-11(2)16(10)23-17-22-15(9-20-24-17)21-12-6-7-13(18)14(19)8-12/h3-9H,1-2H3,(H2,21,22,23,24). The first-order chi connectivity index (χ1) is 11.5. The quantitative estimate of drug-likeness (QED) is 0.663. The smallest absolute Gasteiger partial charge is 0.249 e. The third kappa shape index (κ3) is 3.75. The molecular formula is C17H15Cl2N5. The summed E-state index contributed by atoms with van der Waals surface area (Å²) in [5.74, 6) is 0.967. The second-order valence-electron chi connectivity index (χ2n) is 5.31. The van der Waals surface area contributed by atoms with Crippen molar-refractivity contribution in [3.8, 4) is 0 Å². The second-order valence-corrected chi connectivity index (χ2v) is 6.13. The maximum Gasteiger partial charge on any atom is 0.249 e. The summed E-state index contributed by atoms with van der Waals surface area (Å²) in [5.41, 5.74) is 3.97. The van der Waals surface area contributed by atoms with Crippen molar-refractivity contribution in [2.75, 3.05) is 10.6 Å². The van der Waals surface area contributed by atoms with Crippen LogP contribution in [-0.2, 0) is 0 Å². The summed E-state index contributed by atoms with van der Waals surface area (Å²) >= 11 is 11.9. The summed E-state index contributed by atoms with van der Waals surface area (Å²) in [6, 6.07) is 11.3. The highest BCUT2D eigenvalue weighted by atomic mass is 35.5. The molecule has 0 aliphatic rings. The normalized spacial score (nSPS) is 10.5. The molecule has 0 unspecified atom stereocenters. The molecule has 0 fully saturated rings. The molecule has 7 heteroatoms. The Kier molecular flexibility index (Phi) is 4.83. The van der Waals surface area contributed by atoms with Crippen LogP contribution in [0.25, 0.3) is 0 Å². The van der Waals surface area contributed by atoms with Gasteiger partial charge in [0, 0.05) is 11.4 Å². The van der Waals surface area contributed by atoms with Crippen LogP contribution in [-0.4, -0.2) is 15.2 Å². The molecule has 3 rings (SSSR count). The number of nitrogens with zero attached hydrogens (tertiary/aromatic N) is 3. The minimum absolute atomic E-state index is 0.414. The predicted octanol–water partition coefficient (Wildman–Crippen LogP) is 5.28. The van der Waals surface area contributed by atoms with Crippen LogP contribution in [0.2, 0.25) is 10.0 Å². The molecule has 0 aliphatic heterocycles. The summed E-state index contributed by atoms with van der Waals surface area (Å²) < 4.78 is 0. The Balaban J connectivity index is 1.82. The fourth-order valence-electron chi connectivity index (χ4n) is 2.26. The molecule has 0 saturated heterocycles. The molecule has 0 atom stereocenters. The fourth-order valence-corrected chi connectivity index (χ4v) is 2.56. The Morgan fingerprint density at radius 3 is 2.38 bits per heavy atom. The van der Waals surface area contributed by atoms with Crippen LogP contribution in [0.4, 0.5) is 23.1 Å². The van der Waals surface area contributed by atoms with Crippen molar-refractivity contribution in [1.82, 2.24) is 15.2 Å². The highest BCUT2D eigenvalue weighted by Crippen LogP contribution is 2.27. The number of hydrogen-bond acceptors (Lipinski definition) is 5. The van der Waals surface area contributed by atoms with Gasteiger partial charge >= 0.3 is 0 Å². The van der Waals surface area contributed by atoms with Crippen LogP contribution >= 0.6 is 23.2 Å². The number of para-hydroxylation sites is 1. The molecule has 1 heterocycles. The number of aryl methyl sites for hydroxylation is 2. The van der Waals surface area contributed by atoms with Gasteiger partial charge in [-0.15, -0.1) is 5.10 Å². The average molecular weight is 360 g/mol. The molecule has 0 saturated carbocycles. The summed E-state index contributed by atoms with van der Waals surface area (Å²) in [5, 5.41) is 15.3. The third-order valence-electron chi connectivity index (χ3n) is 3.47. The first-order valence-corrected chi connectivity index (χ1v) is 8.03. The van der Waals surface area contributed by atoms with E-state index >= 15 is 0 Å². The van der Waals surface area contributed by atoms with Gasteiger partial charge in [-0.1, -0.05) is 41.4 Å². The Hall–Kier alpha value is -2.37. The van der Waals surface area contributed by atoms with Gasteiger partial charge < -0.3 is 10.6 Å². The summed E-state index contributed by atoms with van der Waals surface area (Å²) in [6.45, 7) is 4.06. The van der Waals surface area contributed by atoms with E-state index in [1.54, 1.807) is 18.3 Å². The lowest BCUT2D eigenvalue weighted by Crippen LogP contribution is -2.04. The molecule has 5 nitrogen and oxygen atoms in total. The van der Waals surface area contributed by atoms with E-state index in [0.717, 1.165) is 22.5 Å². The average Bonchev–Trinajstić information content (AvgIpc) is 2.55. The van der Waals surface area contributed by atoms with Gasteiger partial charge in [0.1, 0.15) is 0 Å². The fraction of sp³-hybridized carbons (Fsp3) is 0.118. The molecule has 0 aliphatic carbocycles. The SMILES string of the molecule is Cc1cccc(C)c1Nc1nncc(Nc2ccc(Cl)c(Cl)c2)n1. The zero-order valence-electron chi connectivity index (χ0n) is 13.1. The van der Waals surface area contributed by atoms with Crippen molar-refractivity contribution in [2.45, 2.75) is 13.8 Å². The Labute approximate surface area is 150 Å². The molecular weight excluding hydrogens is 345 g/mol. The largest absolute Gasteiger partial charge is 0.339 e. The Morgan fingerprint density at radius 1 is 0.917 bits per heavy atom. The minimum Gasteiger partial charge on any atom is -0.339 e. The van der Waals surface area contributed by atoms with Crippen molar-refractivity contribution < 1.29 is 0 Å². The number of rotatable bonds is 4. The lowest BCUT2D eigenvalue weighted by atomic mass is 10.1. The van der Waals surface area contributed by atoms with E-state index in [2.05, 4.69) is 25.8 Å².